The van der Waals surface area contributed by atoms with Crippen molar-refractivity contribution in [2.75, 3.05) is 52.5 Å². The molecule has 3 rings (SSSR count). The third kappa shape index (κ3) is 3.35. The van der Waals surface area contributed by atoms with Crippen molar-refractivity contribution in [3.8, 4) is 0 Å². The standard InChI is InChI=1S/C13H23N5O3/c19-7-6-17-2-4-18(5-3-17)16-13(20)12-10-9-21-8-1-11(10)14-15-12/h1,10,12,14-15,19H,2-9H2,(H,16,20). The number of nitrogens with one attached hydrogen (secondary N) is 3. The highest BCUT2D eigenvalue weighted by molar-refractivity contribution is 5.82. The van der Waals surface area contributed by atoms with E-state index in [9.17, 15) is 4.79 Å². The summed E-state index contributed by atoms with van der Waals surface area (Å²) in [6, 6.07) is -0.299. The molecule has 0 aromatic heterocycles. The molecule has 21 heavy (non-hydrogen) atoms. The molecular formula is C13H23N5O3. The maximum atomic E-state index is 12.4. The second-order valence-corrected chi connectivity index (χ2v) is 5.58. The van der Waals surface area contributed by atoms with Crippen molar-refractivity contribution in [3.63, 3.8) is 0 Å². The predicted molar refractivity (Wildman–Crippen MR) is 75.7 cm³/mol. The van der Waals surface area contributed by atoms with Crippen molar-refractivity contribution in [3.05, 3.63) is 11.8 Å². The molecule has 3 aliphatic rings. The van der Waals surface area contributed by atoms with Gasteiger partial charge in [0.15, 0.2) is 0 Å². The molecule has 0 bridgehead atoms. The first-order valence-corrected chi connectivity index (χ1v) is 7.46. The van der Waals surface area contributed by atoms with Crippen LogP contribution in [0.25, 0.3) is 0 Å². The summed E-state index contributed by atoms with van der Waals surface area (Å²) in [5, 5.41) is 10.9. The maximum absolute atomic E-state index is 12.4. The minimum atomic E-state index is -0.299. The molecule has 118 valence electrons. The first kappa shape index (κ1) is 14.7. The van der Waals surface area contributed by atoms with Gasteiger partial charge in [-0.2, -0.15) is 0 Å². The second kappa shape index (κ2) is 6.71. The van der Waals surface area contributed by atoms with Gasteiger partial charge < -0.3 is 15.3 Å². The Hall–Kier alpha value is -1.19. The van der Waals surface area contributed by atoms with Crippen LogP contribution >= 0.6 is 0 Å². The number of fused-ring (bicyclic) bond motifs is 1. The molecule has 0 spiro atoms. The highest BCUT2D eigenvalue weighted by Crippen LogP contribution is 2.22. The van der Waals surface area contributed by atoms with E-state index in [-0.39, 0.29) is 24.5 Å². The van der Waals surface area contributed by atoms with Gasteiger partial charge in [0.25, 0.3) is 5.91 Å². The van der Waals surface area contributed by atoms with Gasteiger partial charge >= 0.3 is 0 Å². The fourth-order valence-corrected chi connectivity index (χ4v) is 2.96. The van der Waals surface area contributed by atoms with Crippen LogP contribution in [-0.4, -0.2) is 79.5 Å². The number of hydrazine groups is 2. The predicted octanol–water partition coefficient (Wildman–Crippen LogP) is -2.37. The lowest BCUT2D eigenvalue weighted by atomic mass is 9.97. The molecule has 0 aliphatic carbocycles. The van der Waals surface area contributed by atoms with E-state index in [1.165, 1.54) is 0 Å². The number of carbonyl (C=O) groups excluding carboxylic acids is 1. The van der Waals surface area contributed by atoms with E-state index in [4.69, 9.17) is 9.84 Å². The monoisotopic (exact) mass is 297 g/mol. The minimum absolute atomic E-state index is 0.0305. The van der Waals surface area contributed by atoms with E-state index in [2.05, 4.69) is 21.2 Å². The van der Waals surface area contributed by atoms with E-state index >= 15 is 0 Å². The topological polar surface area (TPSA) is 89.1 Å². The van der Waals surface area contributed by atoms with Crippen LogP contribution in [-0.2, 0) is 9.53 Å². The van der Waals surface area contributed by atoms with Gasteiger partial charge in [-0.25, -0.2) is 10.4 Å². The number of carbonyl (C=O) groups is 1. The van der Waals surface area contributed by atoms with Gasteiger partial charge in [0.05, 0.1) is 19.8 Å². The van der Waals surface area contributed by atoms with E-state index in [1.54, 1.807) is 0 Å². The van der Waals surface area contributed by atoms with Crippen LogP contribution in [0.4, 0.5) is 0 Å². The van der Waals surface area contributed by atoms with Gasteiger partial charge in [-0.1, -0.05) is 0 Å². The average Bonchev–Trinajstić information content (AvgIpc) is 2.93. The number of amides is 1. The SMILES string of the molecule is O=C(NN1CCN(CCO)CC1)C1NNC2=CCOCC21. The molecule has 2 atom stereocenters. The van der Waals surface area contributed by atoms with Crippen molar-refractivity contribution >= 4 is 5.91 Å². The molecule has 0 saturated carbocycles. The van der Waals surface area contributed by atoms with Crippen LogP contribution in [0.1, 0.15) is 0 Å². The van der Waals surface area contributed by atoms with E-state index in [0.717, 1.165) is 31.9 Å². The highest BCUT2D eigenvalue weighted by Gasteiger charge is 2.38. The summed E-state index contributed by atoms with van der Waals surface area (Å²) < 4.78 is 5.41. The lowest BCUT2D eigenvalue weighted by molar-refractivity contribution is -0.130. The van der Waals surface area contributed by atoms with Crippen LogP contribution in [0, 0.1) is 5.92 Å². The van der Waals surface area contributed by atoms with E-state index < -0.39 is 0 Å². The molecule has 4 N–H and O–H groups in total. The first-order chi connectivity index (χ1) is 10.3. The normalized spacial score (nSPS) is 30.4. The zero-order valence-corrected chi connectivity index (χ0v) is 12.0. The number of aliphatic hydroxyl groups is 1. The fourth-order valence-electron chi connectivity index (χ4n) is 2.96. The number of β-amino-alcohol motifs (C(OH)–C–C–N with tert-alkyl or cyclic N) is 1. The Morgan fingerprint density at radius 1 is 1.43 bits per heavy atom. The Labute approximate surface area is 124 Å². The Morgan fingerprint density at radius 3 is 3.00 bits per heavy atom. The number of rotatable bonds is 4. The van der Waals surface area contributed by atoms with Crippen molar-refractivity contribution in [1.29, 1.82) is 0 Å². The fraction of sp³-hybridized carbons (Fsp3) is 0.769. The van der Waals surface area contributed by atoms with Gasteiger partial charge in [0, 0.05) is 44.3 Å². The summed E-state index contributed by atoms with van der Waals surface area (Å²) >= 11 is 0. The lowest BCUT2D eigenvalue weighted by Gasteiger charge is -2.35. The van der Waals surface area contributed by atoms with Gasteiger partial charge in [-0.05, 0) is 6.08 Å². The Bertz CT molecular complexity index is 409. The van der Waals surface area contributed by atoms with Crippen LogP contribution < -0.4 is 16.3 Å². The van der Waals surface area contributed by atoms with Crippen LogP contribution in [0.15, 0.2) is 11.8 Å². The number of piperazine rings is 1. The Balaban J connectivity index is 1.49. The Kier molecular flexibility index (Phi) is 4.71. The molecule has 0 aromatic rings. The minimum Gasteiger partial charge on any atom is -0.395 e. The summed E-state index contributed by atoms with van der Waals surface area (Å²) in [6.07, 6.45) is 1.97. The molecular weight excluding hydrogens is 274 g/mol. The number of nitrogens with zero attached hydrogens (tertiary/aromatic N) is 2. The van der Waals surface area contributed by atoms with Gasteiger partial charge in [-0.3, -0.25) is 15.1 Å². The van der Waals surface area contributed by atoms with Crippen LogP contribution in [0.5, 0.6) is 0 Å². The number of ether oxygens (including phenoxy) is 1. The van der Waals surface area contributed by atoms with Gasteiger partial charge in [0.2, 0.25) is 0 Å². The average molecular weight is 297 g/mol. The zero-order valence-electron chi connectivity index (χ0n) is 12.0. The van der Waals surface area contributed by atoms with Crippen molar-refractivity contribution in [2.45, 2.75) is 6.04 Å². The van der Waals surface area contributed by atoms with Gasteiger partial charge in [-0.15, -0.1) is 0 Å². The van der Waals surface area contributed by atoms with Crippen molar-refractivity contribution in [2.24, 2.45) is 5.92 Å². The third-order valence-corrected chi connectivity index (χ3v) is 4.23. The summed E-state index contributed by atoms with van der Waals surface area (Å²) in [4.78, 5) is 14.6. The molecule has 2 fully saturated rings. The molecule has 0 aromatic carbocycles. The number of hydrogen-bond acceptors (Lipinski definition) is 7. The smallest absolute Gasteiger partial charge is 0.254 e. The summed E-state index contributed by atoms with van der Waals surface area (Å²) in [5.74, 6) is 0.0337. The first-order valence-electron chi connectivity index (χ1n) is 7.46. The highest BCUT2D eigenvalue weighted by atomic mass is 16.5. The maximum Gasteiger partial charge on any atom is 0.254 e. The summed E-state index contributed by atoms with van der Waals surface area (Å²) in [5.41, 5.74) is 10.1. The largest absolute Gasteiger partial charge is 0.395 e. The lowest BCUT2D eigenvalue weighted by Crippen LogP contribution is -2.58. The molecule has 1 amide bonds. The number of aliphatic hydroxyl groups excluding tert-OH is 1. The molecule has 8 nitrogen and oxygen atoms in total. The quantitative estimate of drug-likeness (QED) is 0.461. The third-order valence-electron chi connectivity index (χ3n) is 4.23. The molecule has 3 heterocycles. The summed E-state index contributed by atoms with van der Waals surface area (Å²) in [7, 11) is 0. The van der Waals surface area contributed by atoms with Crippen LogP contribution in [0.3, 0.4) is 0 Å². The number of hydrogen-bond donors (Lipinski definition) is 4. The molecule has 2 unspecified atom stereocenters. The molecule has 2 saturated heterocycles. The van der Waals surface area contributed by atoms with E-state index in [0.29, 0.717) is 19.8 Å². The van der Waals surface area contributed by atoms with Crippen LogP contribution in [0.2, 0.25) is 0 Å². The Morgan fingerprint density at radius 2 is 2.24 bits per heavy atom. The molecule has 8 heteroatoms. The molecule has 3 aliphatic heterocycles. The molecule has 0 radical (unpaired) electrons. The van der Waals surface area contributed by atoms with Gasteiger partial charge in [0.1, 0.15) is 6.04 Å². The van der Waals surface area contributed by atoms with Crippen molar-refractivity contribution in [1.82, 2.24) is 26.2 Å². The summed E-state index contributed by atoms with van der Waals surface area (Å²) in [6.45, 7) is 5.30. The zero-order chi connectivity index (χ0) is 14.7. The second-order valence-electron chi connectivity index (χ2n) is 5.58. The van der Waals surface area contributed by atoms with E-state index in [1.807, 2.05) is 11.1 Å². The van der Waals surface area contributed by atoms with Crippen molar-refractivity contribution < 1.29 is 14.6 Å².